The predicted molar refractivity (Wildman–Crippen MR) is 68.3 cm³/mol. The minimum atomic E-state index is -0.135. The highest BCUT2D eigenvalue weighted by Gasteiger charge is 2.09. The average Bonchev–Trinajstić information content (AvgIpc) is 2.86. The van der Waals surface area contributed by atoms with E-state index >= 15 is 0 Å². The maximum absolute atomic E-state index is 9.28. The van der Waals surface area contributed by atoms with Crippen molar-refractivity contribution in [1.82, 2.24) is 0 Å². The maximum atomic E-state index is 9.28. The first-order chi connectivity index (χ1) is 8.77. The first-order valence-electron chi connectivity index (χ1n) is 5.65. The molecule has 2 rings (SSSR count). The zero-order valence-corrected chi connectivity index (χ0v) is 10.5. The van der Waals surface area contributed by atoms with Crippen molar-refractivity contribution < 1.29 is 19.4 Å². The Labute approximate surface area is 107 Å². The Morgan fingerprint density at radius 2 is 1.94 bits per heavy atom. The van der Waals surface area contributed by atoms with Crippen LogP contribution < -0.4 is 5.73 Å². The van der Waals surface area contributed by atoms with Gasteiger partial charge in [-0.1, -0.05) is 6.07 Å². The minimum absolute atomic E-state index is 0.135. The van der Waals surface area contributed by atoms with Crippen LogP contribution in [0.1, 0.15) is 17.5 Å². The lowest BCUT2D eigenvalue weighted by Gasteiger charge is -1.97. The topological polar surface area (TPSA) is 89.6 Å². The third kappa shape index (κ3) is 6.00. The van der Waals surface area contributed by atoms with E-state index in [2.05, 4.69) is 10.5 Å². The molecule has 1 aromatic carbocycles. The van der Waals surface area contributed by atoms with Crippen molar-refractivity contribution in [2.24, 2.45) is 5.73 Å². The smallest absolute Gasteiger partial charge is 0.293 e. The molecule has 0 bridgehead atoms. The second kappa shape index (κ2) is 10.3. The van der Waals surface area contributed by atoms with Crippen molar-refractivity contribution in [1.29, 1.82) is 0 Å². The molecular formula is C13H19NO4. The standard InChI is InChI=1S/C9H10O.C3H4O3.CH5N/c10-9-5-4-7-2-1-3-8(7)6-9;4-1-2-6-3-5;1-2/h4-6,10H,1-3H2;1,3H,2H2;2H2,1H3. The molecule has 18 heavy (non-hydrogen) atoms. The van der Waals surface area contributed by atoms with Gasteiger partial charge >= 0.3 is 0 Å². The first-order valence-corrected chi connectivity index (χ1v) is 5.65. The van der Waals surface area contributed by atoms with Crippen LogP contribution in [0, 0.1) is 0 Å². The number of hydrogen-bond donors (Lipinski definition) is 2. The van der Waals surface area contributed by atoms with Crippen LogP contribution in [0.25, 0.3) is 0 Å². The SMILES string of the molecule is CN.O=CCOC=O.Oc1ccc2c(c1)CCC2. The molecule has 1 aromatic rings. The molecule has 0 fully saturated rings. The fourth-order valence-electron chi connectivity index (χ4n) is 1.64. The highest BCUT2D eigenvalue weighted by Crippen LogP contribution is 2.24. The van der Waals surface area contributed by atoms with Crippen LogP contribution in [0.15, 0.2) is 18.2 Å². The average molecular weight is 253 g/mol. The molecule has 5 heteroatoms. The van der Waals surface area contributed by atoms with Gasteiger partial charge in [0.25, 0.3) is 6.47 Å². The molecule has 0 amide bonds. The largest absolute Gasteiger partial charge is 0.508 e. The Kier molecular flexibility index (Phi) is 9.21. The van der Waals surface area contributed by atoms with Crippen LogP contribution >= 0.6 is 0 Å². The highest BCUT2D eigenvalue weighted by atomic mass is 16.5. The van der Waals surface area contributed by atoms with E-state index in [1.807, 2.05) is 12.1 Å². The molecule has 1 aliphatic carbocycles. The summed E-state index contributed by atoms with van der Waals surface area (Å²) in [5, 5.41) is 9.10. The van der Waals surface area contributed by atoms with Gasteiger partial charge < -0.3 is 15.6 Å². The van der Waals surface area contributed by atoms with E-state index in [4.69, 9.17) is 5.11 Å². The monoisotopic (exact) mass is 253 g/mol. The van der Waals surface area contributed by atoms with Crippen molar-refractivity contribution in [3.05, 3.63) is 29.3 Å². The second-order valence-electron chi connectivity index (χ2n) is 3.40. The number of rotatable bonds is 3. The van der Waals surface area contributed by atoms with Crippen molar-refractivity contribution >= 4 is 12.8 Å². The van der Waals surface area contributed by atoms with Gasteiger partial charge in [0.15, 0.2) is 6.29 Å². The van der Waals surface area contributed by atoms with Crippen molar-refractivity contribution in [2.75, 3.05) is 13.7 Å². The molecule has 0 aromatic heterocycles. The summed E-state index contributed by atoms with van der Waals surface area (Å²) in [4.78, 5) is 18.5. The number of carbonyl (C=O) groups is 2. The fraction of sp³-hybridized carbons (Fsp3) is 0.385. The summed E-state index contributed by atoms with van der Waals surface area (Å²) < 4.78 is 3.93. The Hall–Kier alpha value is -1.88. The molecule has 3 N–H and O–H groups in total. The Morgan fingerprint density at radius 3 is 2.50 bits per heavy atom. The van der Waals surface area contributed by atoms with Gasteiger partial charge in [-0.2, -0.15) is 0 Å². The summed E-state index contributed by atoms with van der Waals surface area (Å²) in [5.74, 6) is 0.403. The molecule has 0 atom stereocenters. The van der Waals surface area contributed by atoms with Crippen molar-refractivity contribution in [3.63, 3.8) is 0 Å². The number of fused-ring (bicyclic) bond motifs is 1. The van der Waals surface area contributed by atoms with Gasteiger partial charge in [0, 0.05) is 0 Å². The molecule has 0 saturated carbocycles. The van der Waals surface area contributed by atoms with Gasteiger partial charge in [-0.3, -0.25) is 9.59 Å². The number of hydrogen-bond acceptors (Lipinski definition) is 5. The van der Waals surface area contributed by atoms with E-state index in [1.54, 1.807) is 6.07 Å². The van der Waals surface area contributed by atoms with Crippen LogP contribution in [0.4, 0.5) is 0 Å². The summed E-state index contributed by atoms with van der Waals surface area (Å²) in [6, 6.07) is 5.67. The molecule has 100 valence electrons. The van der Waals surface area contributed by atoms with E-state index in [0.29, 0.717) is 12.0 Å². The van der Waals surface area contributed by atoms with Gasteiger partial charge in [-0.15, -0.1) is 0 Å². The number of aldehydes is 1. The summed E-state index contributed by atoms with van der Waals surface area (Å²) in [6.07, 6.45) is 4.09. The predicted octanol–water partition coefficient (Wildman–Crippen LogP) is 0.814. The lowest BCUT2D eigenvalue weighted by molar-refractivity contribution is -0.132. The summed E-state index contributed by atoms with van der Waals surface area (Å²) >= 11 is 0. The number of phenols is 1. The molecule has 1 aliphatic rings. The van der Waals surface area contributed by atoms with Crippen LogP contribution in [0.5, 0.6) is 5.75 Å². The van der Waals surface area contributed by atoms with E-state index < -0.39 is 0 Å². The molecule has 0 heterocycles. The van der Waals surface area contributed by atoms with E-state index in [0.717, 1.165) is 6.42 Å². The Morgan fingerprint density at radius 1 is 1.28 bits per heavy atom. The Bertz CT molecular complexity index is 358. The van der Waals surface area contributed by atoms with E-state index in [9.17, 15) is 9.59 Å². The van der Waals surface area contributed by atoms with E-state index in [-0.39, 0.29) is 13.1 Å². The number of carbonyl (C=O) groups excluding carboxylic acids is 2. The number of aryl methyl sites for hydroxylation is 2. The van der Waals surface area contributed by atoms with Gasteiger partial charge in [0.2, 0.25) is 0 Å². The van der Waals surface area contributed by atoms with Crippen LogP contribution in [-0.4, -0.2) is 31.5 Å². The van der Waals surface area contributed by atoms with Gasteiger partial charge in [0.05, 0.1) is 0 Å². The molecule has 5 nitrogen and oxygen atoms in total. The van der Waals surface area contributed by atoms with Crippen molar-refractivity contribution in [3.8, 4) is 5.75 Å². The molecule has 0 saturated heterocycles. The zero-order chi connectivity index (χ0) is 13.8. The normalized spacial score (nSPS) is 11.0. The molecule has 0 aliphatic heterocycles. The quantitative estimate of drug-likeness (QED) is 0.614. The maximum Gasteiger partial charge on any atom is 0.293 e. The molecule has 0 unspecified atom stereocenters. The van der Waals surface area contributed by atoms with Gasteiger partial charge in [-0.05, 0) is 49.6 Å². The third-order valence-corrected chi connectivity index (χ3v) is 2.31. The van der Waals surface area contributed by atoms with Gasteiger partial charge in [0.1, 0.15) is 12.4 Å². The lowest BCUT2D eigenvalue weighted by Crippen LogP contribution is -1.89. The fourth-order valence-corrected chi connectivity index (χ4v) is 1.64. The molecule has 0 radical (unpaired) electrons. The summed E-state index contributed by atoms with van der Waals surface area (Å²) in [6.45, 7) is 0.0951. The van der Waals surface area contributed by atoms with Gasteiger partial charge in [-0.25, -0.2) is 0 Å². The van der Waals surface area contributed by atoms with E-state index in [1.165, 1.54) is 31.0 Å². The van der Waals surface area contributed by atoms with Crippen LogP contribution in [0.2, 0.25) is 0 Å². The number of phenolic OH excluding ortho intramolecular Hbond substituents is 1. The van der Waals surface area contributed by atoms with Crippen LogP contribution in [0.3, 0.4) is 0 Å². The number of ether oxygens (including phenoxy) is 1. The third-order valence-electron chi connectivity index (χ3n) is 2.31. The highest BCUT2D eigenvalue weighted by molar-refractivity contribution is 5.53. The second-order valence-corrected chi connectivity index (χ2v) is 3.40. The first kappa shape index (κ1) is 16.1. The Balaban J connectivity index is 0.000000315. The number of aromatic hydroxyl groups is 1. The number of benzene rings is 1. The number of nitrogens with two attached hydrogens (primary N) is 1. The zero-order valence-electron chi connectivity index (χ0n) is 10.5. The minimum Gasteiger partial charge on any atom is -0.508 e. The lowest BCUT2D eigenvalue weighted by atomic mass is 10.1. The molecular weight excluding hydrogens is 234 g/mol. The summed E-state index contributed by atoms with van der Waals surface area (Å²) in [5.41, 5.74) is 7.25. The van der Waals surface area contributed by atoms with Crippen molar-refractivity contribution in [2.45, 2.75) is 19.3 Å². The summed E-state index contributed by atoms with van der Waals surface area (Å²) in [7, 11) is 1.50. The molecule has 0 spiro atoms. The van der Waals surface area contributed by atoms with Crippen LogP contribution in [-0.2, 0) is 27.2 Å².